The van der Waals surface area contributed by atoms with Gasteiger partial charge in [-0.15, -0.1) is 0 Å². The van der Waals surface area contributed by atoms with Crippen molar-refractivity contribution in [3.8, 4) is 0 Å². The zero-order valence-electron chi connectivity index (χ0n) is 7.03. The highest BCUT2D eigenvalue weighted by Gasteiger charge is 1.95. The Labute approximate surface area is 72.2 Å². The van der Waals surface area contributed by atoms with E-state index < -0.39 is 0 Å². The first-order valence-corrected chi connectivity index (χ1v) is 3.71. The molecule has 0 aliphatic carbocycles. The molecule has 2 nitrogen and oxygen atoms in total. The first-order chi connectivity index (χ1) is 5.84. The average molecular weight is 161 g/mol. The molecule has 0 bridgehead atoms. The first kappa shape index (κ1) is 8.53. The molecular weight excluding hydrogens is 150 g/mol. The van der Waals surface area contributed by atoms with Gasteiger partial charge in [-0.2, -0.15) is 0 Å². The second kappa shape index (κ2) is 4.34. The molecule has 1 heterocycles. The van der Waals surface area contributed by atoms with E-state index in [-0.39, 0.29) is 0 Å². The van der Waals surface area contributed by atoms with Crippen LogP contribution >= 0.6 is 0 Å². The fourth-order valence-electron chi connectivity index (χ4n) is 0.756. The second-order valence-corrected chi connectivity index (χ2v) is 2.25. The molecule has 0 aliphatic rings. The van der Waals surface area contributed by atoms with Crippen LogP contribution in [0.15, 0.2) is 43.4 Å². The van der Waals surface area contributed by atoms with Gasteiger partial charge in [0.25, 0.3) is 0 Å². The number of ether oxygens (including phenoxy) is 1. The van der Waals surface area contributed by atoms with E-state index in [1.807, 2.05) is 25.1 Å². The Kier molecular flexibility index (Phi) is 3.08. The maximum atomic E-state index is 5.17. The van der Waals surface area contributed by atoms with Crippen LogP contribution in [0, 0.1) is 0 Å². The van der Waals surface area contributed by atoms with Crippen LogP contribution in [0.4, 0.5) is 0 Å². The Morgan fingerprint density at radius 3 is 2.75 bits per heavy atom. The molecule has 1 aromatic heterocycles. The molecule has 0 N–H and O–H groups in total. The minimum Gasteiger partial charge on any atom is -0.465 e. The summed E-state index contributed by atoms with van der Waals surface area (Å²) in [5, 5.41) is 0. The summed E-state index contributed by atoms with van der Waals surface area (Å²) in [7, 11) is 0. The smallest absolute Gasteiger partial charge is 0.126 e. The molecule has 0 fully saturated rings. The molecule has 0 saturated heterocycles. The zero-order chi connectivity index (χ0) is 8.81. The Balaban J connectivity index is 2.66. The van der Waals surface area contributed by atoms with Gasteiger partial charge in [-0.25, -0.2) is 0 Å². The summed E-state index contributed by atoms with van der Waals surface area (Å²) in [6.45, 7) is 5.65. The molecule has 1 aromatic rings. The summed E-state index contributed by atoms with van der Waals surface area (Å²) in [5.41, 5.74) is 0.947. The minimum absolute atomic E-state index is 0.635. The number of allylic oxidation sites excluding steroid dienone is 1. The van der Waals surface area contributed by atoms with Crippen molar-refractivity contribution in [1.82, 2.24) is 4.98 Å². The Morgan fingerprint density at radius 2 is 2.17 bits per heavy atom. The molecule has 1 rings (SSSR count). The van der Waals surface area contributed by atoms with Crippen LogP contribution in [-0.4, -0.2) is 4.98 Å². The van der Waals surface area contributed by atoms with E-state index in [0.29, 0.717) is 5.76 Å². The van der Waals surface area contributed by atoms with Crippen LogP contribution in [0.2, 0.25) is 0 Å². The Morgan fingerprint density at radius 1 is 1.50 bits per heavy atom. The summed E-state index contributed by atoms with van der Waals surface area (Å²) in [4.78, 5) is 3.89. The fourth-order valence-corrected chi connectivity index (χ4v) is 0.756. The Hall–Kier alpha value is -1.57. The van der Waals surface area contributed by atoms with Crippen molar-refractivity contribution >= 4 is 5.76 Å². The zero-order valence-corrected chi connectivity index (χ0v) is 7.03. The van der Waals surface area contributed by atoms with E-state index in [2.05, 4.69) is 11.6 Å². The third-order valence-electron chi connectivity index (χ3n) is 1.35. The predicted octanol–water partition coefficient (Wildman–Crippen LogP) is 2.60. The number of aromatic nitrogens is 1. The van der Waals surface area contributed by atoms with E-state index in [9.17, 15) is 0 Å². The lowest BCUT2D eigenvalue weighted by Crippen LogP contribution is -1.83. The molecule has 0 aliphatic heterocycles. The predicted molar refractivity (Wildman–Crippen MR) is 49.2 cm³/mol. The summed E-state index contributed by atoms with van der Waals surface area (Å²) in [6, 6.07) is 3.71. The van der Waals surface area contributed by atoms with Crippen molar-refractivity contribution in [3.63, 3.8) is 0 Å². The lowest BCUT2D eigenvalue weighted by molar-refractivity contribution is 0.437. The second-order valence-electron chi connectivity index (χ2n) is 2.25. The van der Waals surface area contributed by atoms with Gasteiger partial charge in [-0.1, -0.05) is 12.7 Å². The van der Waals surface area contributed by atoms with Crippen LogP contribution < -0.4 is 0 Å². The Bertz CT molecular complexity index is 277. The number of rotatable bonds is 3. The van der Waals surface area contributed by atoms with Gasteiger partial charge in [0.15, 0.2) is 0 Å². The van der Waals surface area contributed by atoms with Gasteiger partial charge < -0.3 is 4.74 Å². The highest BCUT2D eigenvalue weighted by Crippen LogP contribution is 2.11. The molecule has 0 spiro atoms. The molecule has 0 saturated carbocycles. The quantitative estimate of drug-likeness (QED) is 0.636. The number of hydrogen-bond acceptors (Lipinski definition) is 2. The normalized spacial score (nSPS) is 10.1. The third kappa shape index (κ3) is 2.23. The maximum Gasteiger partial charge on any atom is 0.126 e. The topological polar surface area (TPSA) is 22.1 Å². The van der Waals surface area contributed by atoms with Crippen molar-refractivity contribution in [2.45, 2.75) is 6.92 Å². The lowest BCUT2D eigenvalue weighted by atomic mass is 10.2. The van der Waals surface area contributed by atoms with E-state index >= 15 is 0 Å². The van der Waals surface area contributed by atoms with Gasteiger partial charge in [-0.3, -0.25) is 4.98 Å². The molecule has 0 radical (unpaired) electrons. The highest BCUT2D eigenvalue weighted by atomic mass is 16.5. The van der Waals surface area contributed by atoms with Gasteiger partial charge in [0.2, 0.25) is 0 Å². The molecule has 12 heavy (non-hydrogen) atoms. The van der Waals surface area contributed by atoms with E-state index in [1.54, 1.807) is 18.7 Å². The van der Waals surface area contributed by atoms with Gasteiger partial charge >= 0.3 is 0 Å². The lowest BCUT2D eigenvalue weighted by Gasteiger charge is -2.02. The average Bonchev–Trinajstić information content (AvgIpc) is 2.15. The maximum absolute atomic E-state index is 5.17. The van der Waals surface area contributed by atoms with Crippen molar-refractivity contribution in [1.29, 1.82) is 0 Å². The van der Waals surface area contributed by atoms with Gasteiger partial charge in [-0.05, 0) is 19.1 Å². The van der Waals surface area contributed by atoms with E-state index in [1.165, 1.54) is 0 Å². The SMILES string of the molecule is C=C(O/C=C\C)c1ccncc1. The standard InChI is InChI=1S/C10H11NO/c1-3-8-12-9(2)10-4-6-11-7-5-10/h3-8H,2H2,1H3/b8-3-. The van der Waals surface area contributed by atoms with Crippen molar-refractivity contribution in [2.75, 3.05) is 0 Å². The van der Waals surface area contributed by atoms with Gasteiger partial charge in [0, 0.05) is 18.0 Å². The van der Waals surface area contributed by atoms with Crippen LogP contribution in [0.1, 0.15) is 12.5 Å². The highest BCUT2D eigenvalue weighted by molar-refractivity contribution is 5.56. The van der Waals surface area contributed by atoms with Crippen LogP contribution in [0.25, 0.3) is 5.76 Å². The van der Waals surface area contributed by atoms with Crippen LogP contribution in [0.3, 0.4) is 0 Å². The minimum atomic E-state index is 0.635. The van der Waals surface area contributed by atoms with Gasteiger partial charge in [0.05, 0.1) is 6.26 Å². The molecule has 0 atom stereocenters. The third-order valence-corrected chi connectivity index (χ3v) is 1.35. The van der Waals surface area contributed by atoms with Gasteiger partial charge in [0.1, 0.15) is 5.76 Å². The molecule has 2 heteroatoms. The van der Waals surface area contributed by atoms with Crippen molar-refractivity contribution in [3.05, 3.63) is 49.0 Å². The van der Waals surface area contributed by atoms with E-state index in [0.717, 1.165) is 5.56 Å². The van der Waals surface area contributed by atoms with Crippen molar-refractivity contribution in [2.24, 2.45) is 0 Å². The van der Waals surface area contributed by atoms with Crippen LogP contribution in [-0.2, 0) is 4.74 Å². The molecule has 62 valence electrons. The number of nitrogens with zero attached hydrogens (tertiary/aromatic N) is 1. The van der Waals surface area contributed by atoms with Crippen LogP contribution in [0.5, 0.6) is 0 Å². The summed E-state index contributed by atoms with van der Waals surface area (Å²) >= 11 is 0. The molecule has 0 aromatic carbocycles. The summed E-state index contributed by atoms with van der Waals surface area (Å²) in [6.07, 6.45) is 6.83. The fraction of sp³-hybridized carbons (Fsp3) is 0.100. The summed E-state index contributed by atoms with van der Waals surface area (Å²) in [5.74, 6) is 0.635. The number of hydrogen-bond donors (Lipinski definition) is 0. The van der Waals surface area contributed by atoms with Crippen molar-refractivity contribution < 1.29 is 4.74 Å². The monoisotopic (exact) mass is 161 g/mol. The van der Waals surface area contributed by atoms with E-state index in [4.69, 9.17) is 4.74 Å². The largest absolute Gasteiger partial charge is 0.465 e. The number of pyridine rings is 1. The first-order valence-electron chi connectivity index (χ1n) is 3.71. The molecular formula is C10H11NO. The molecule has 0 unspecified atom stereocenters. The summed E-state index contributed by atoms with van der Waals surface area (Å²) < 4.78 is 5.17. The molecule has 0 amide bonds.